The first-order valence-electron chi connectivity index (χ1n) is 4.92. The molecule has 0 radical (unpaired) electrons. The molecular formula is C11H13BrN4. The normalized spacial score (nSPS) is 10.4. The standard InChI is InChI=1S/C11H13BrN4/c1-16-5-4-11(15-16)14-7-8-2-3-9(12)6-10(8)13/h2-6H,7,13H2,1H3,(H,14,15). The second-order valence-electron chi connectivity index (χ2n) is 3.57. The highest BCUT2D eigenvalue weighted by Crippen LogP contribution is 2.19. The van der Waals surface area contributed by atoms with Gasteiger partial charge in [-0.1, -0.05) is 22.0 Å². The van der Waals surface area contributed by atoms with Crippen molar-refractivity contribution in [2.45, 2.75) is 6.54 Å². The number of halogens is 1. The number of anilines is 2. The molecule has 0 amide bonds. The summed E-state index contributed by atoms with van der Waals surface area (Å²) in [4.78, 5) is 0. The third kappa shape index (κ3) is 2.55. The predicted octanol–water partition coefficient (Wildman–Crippen LogP) is 2.38. The first kappa shape index (κ1) is 11.0. The molecule has 2 rings (SSSR count). The third-order valence-corrected chi connectivity index (χ3v) is 2.77. The van der Waals surface area contributed by atoms with Crippen LogP contribution >= 0.6 is 15.9 Å². The number of benzene rings is 1. The van der Waals surface area contributed by atoms with Crippen molar-refractivity contribution in [2.24, 2.45) is 7.05 Å². The Labute approximate surface area is 103 Å². The lowest BCUT2D eigenvalue weighted by molar-refractivity contribution is 0.768. The summed E-state index contributed by atoms with van der Waals surface area (Å²) < 4.78 is 2.75. The summed E-state index contributed by atoms with van der Waals surface area (Å²) in [7, 11) is 1.89. The molecule has 16 heavy (non-hydrogen) atoms. The van der Waals surface area contributed by atoms with E-state index in [9.17, 15) is 0 Å². The molecule has 1 aromatic carbocycles. The zero-order valence-corrected chi connectivity index (χ0v) is 10.5. The molecule has 1 aromatic heterocycles. The highest BCUT2D eigenvalue weighted by molar-refractivity contribution is 9.10. The maximum absolute atomic E-state index is 5.90. The molecule has 0 aliphatic heterocycles. The van der Waals surface area contributed by atoms with Crippen molar-refractivity contribution in [1.82, 2.24) is 9.78 Å². The van der Waals surface area contributed by atoms with Gasteiger partial charge in [-0.3, -0.25) is 4.68 Å². The molecule has 4 nitrogen and oxygen atoms in total. The van der Waals surface area contributed by atoms with Crippen LogP contribution in [0.4, 0.5) is 11.5 Å². The van der Waals surface area contributed by atoms with Crippen LogP contribution in [0.2, 0.25) is 0 Å². The van der Waals surface area contributed by atoms with Crippen LogP contribution in [0.1, 0.15) is 5.56 Å². The third-order valence-electron chi connectivity index (χ3n) is 2.28. The van der Waals surface area contributed by atoms with Crippen LogP contribution in [0.3, 0.4) is 0 Å². The van der Waals surface area contributed by atoms with E-state index >= 15 is 0 Å². The van der Waals surface area contributed by atoms with Crippen LogP contribution in [0, 0.1) is 0 Å². The van der Waals surface area contributed by atoms with Crippen LogP contribution in [0.5, 0.6) is 0 Å². The zero-order chi connectivity index (χ0) is 11.5. The smallest absolute Gasteiger partial charge is 0.148 e. The maximum Gasteiger partial charge on any atom is 0.148 e. The van der Waals surface area contributed by atoms with Crippen molar-refractivity contribution in [3.05, 3.63) is 40.5 Å². The Morgan fingerprint density at radius 2 is 2.25 bits per heavy atom. The van der Waals surface area contributed by atoms with Crippen LogP contribution < -0.4 is 11.1 Å². The summed E-state index contributed by atoms with van der Waals surface area (Å²) in [6.45, 7) is 0.677. The van der Waals surface area contributed by atoms with Gasteiger partial charge in [-0.05, 0) is 17.7 Å². The highest BCUT2D eigenvalue weighted by atomic mass is 79.9. The number of nitrogen functional groups attached to an aromatic ring is 1. The molecule has 2 aromatic rings. The zero-order valence-electron chi connectivity index (χ0n) is 8.94. The van der Waals surface area contributed by atoms with Crippen LogP contribution in [-0.2, 0) is 13.6 Å². The summed E-state index contributed by atoms with van der Waals surface area (Å²) in [6.07, 6.45) is 1.90. The van der Waals surface area contributed by atoms with Crippen molar-refractivity contribution in [3.63, 3.8) is 0 Å². The molecular weight excluding hydrogens is 268 g/mol. The Balaban J connectivity index is 2.04. The van der Waals surface area contributed by atoms with Gasteiger partial charge in [-0.15, -0.1) is 0 Å². The Morgan fingerprint density at radius 1 is 1.44 bits per heavy atom. The highest BCUT2D eigenvalue weighted by Gasteiger charge is 2.01. The first-order valence-corrected chi connectivity index (χ1v) is 5.72. The average molecular weight is 281 g/mol. The minimum atomic E-state index is 0.677. The van der Waals surface area contributed by atoms with Gasteiger partial charge in [-0.2, -0.15) is 5.10 Å². The maximum atomic E-state index is 5.90. The van der Waals surface area contributed by atoms with Gasteiger partial charge in [0, 0.05) is 36.0 Å². The SMILES string of the molecule is Cn1ccc(NCc2ccc(Br)cc2N)n1. The lowest BCUT2D eigenvalue weighted by Crippen LogP contribution is -2.03. The summed E-state index contributed by atoms with van der Waals surface area (Å²) >= 11 is 3.38. The second-order valence-corrected chi connectivity index (χ2v) is 4.49. The quantitative estimate of drug-likeness (QED) is 0.849. The molecule has 0 unspecified atom stereocenters. The number of hydrogen-bond donors (Lipinski definition) is 2. The van der Waals surface area contributed by atoms with Gasteiger partial charge < -0.3 is 11.1 Å². The molecule has 0 aliphatic carbocycles. The molecule has 84 valence electrons. The van der Waals surface area contributed by atoms with Crippen LogP contribution in [0.25, 0.3) is 0 Å². The van der Waals surface area contributed by atoms with Gasteiger partial charge in [0.2, 0.25) is 0 Å². The van der Waals surface area contributed by atoms with E-state index in [2.05, 4.69) is 26.3 Å². The fourth-order valence-electron chi connectivity index (χ4n) is 1.42. The Hall–Kier alpha value is -1.49. The molecule has 0 saturated carbocycles. The number of aromatic nitrogens is 2. The summed E-state index contributed by atoms with van der Waals surface area (Å²) in [5.41, 5.74) is 7.73. The van der Waals surface area contributed by atoms with Crippen LogP contribution in [0.15, 0.2) is 34.9 Å². The van der Waals surface area contributed by atoms with Crippen molar-refractivity contribution in [2.75, 3.05) is 11.1 Å². The van der Waals surface area contributed by atoms with E-state index in [0.29, 0.717) is 6.54 Å². The Morgan fingerprint density at radius 3 is 2.88 bits per heavy atom. The van der Waals surface area contributed by atoms with Gasteiger partial charge in [0.15, 0.2) is 0 Å². The lowest BCUT2D eigenvalue weighted by Gasteiger charge is -2.06. The van der Waals surface area contributed by atoms with Gasteiger partial charge in [0.1, 0.15) is 5.82 Å². The molecule has 0 spiro atoms. The Bertz CT molecular complexity index is 492. The van der Waals surface area contributed by atoms with E-state index in [1.165, 1.54) is 0 Å². The number of nitrogens with one attached hydrogen (secondary N) is 1. The largest absolute Gasteiger partial charge is 0.398 e. The topological polar surface area (TPSA) is 55.9 Å². The predicted molar refractivity (Wildman–Crippen MR) is 69.1 cm³/mol. The number of nitrogens with two attached hydrogens (primary N) is 1. The van der Waals surface area contributed by atoms with Crippen molar-refractivity contribution in [1.29, 1.82) is 0 Å². The van der Waals surface area contributed by atoms with Gasteiger partial charge >= 0.3 is 0 Å². The average Bonchev–Trinajstić information content (AvgIpc) is 2.63. The van der Waals surface area contributed by atoms with E-state index in [-0.39, 0.29) is 0 Å². The number of aryl methyl sites for hydroxylation is 1. The van der Waals surface area contributed by atoms with Crippen molar-refractivity contribution >= 4 is 27.4 Å². The van der Waals surface area contributed by atoms with Gasteiger partial charge in [0.25, 0.3) is 0 Å². The van der Waals surface area contributed by atoms with E-state index in [1.807, 2.05) is 37.5 Å². The molecule has 0 saturated heterocycles. The molecule has 0 bridgehead atoms. The van der Waals surface area contributed by atoms with E-state index in [4.69, 9.17) is 5.73 Å². The number of nitrogens with zero attached hydrogens (tertiary/aromatic N) is 2. The summed E-state index contributed by atoms with van der Waals surface area (Å²) in [6, 6.07) is 7.80. The minimum Gasteiger partial charge on any atom is -0.398 e. The lowest BCUT2D eigenvalue weighted by atomic mass is 10.2. The summed E-state index contributed by atoms with van der Waals surface area (Å²) in [5.74, 6) is 0.852. The van der Waals surface area contributed by atoms with Gasteiger partial charge in [0.05, 0.1) is 0 Å². The van der Waals surface area contributed by atoms with E-state index in [0.717, 1.165) is 21.5 Å². The molecule has 1 heterocycles. The fraction of sp³-hybridized carbons (Fsp3) is 0.182. The Kier molecular flexibility index (Phi) is 3.14. The fourth-order valence-corrected chi connectivity index (χ4v) is 1.80. The van der Waals surface area contributed by atoms with E-state index in [1.54, 1.807) is 4.68 Å². The monoisotopic (exact) mass is 280 g/mol. The molecule has 3 N–H and O–H groups in total. The van der Waals surface area contributed by atoms with Crippen LogP contribution in [-0.4, -0.2) is 9.78 Å². The molecule has 0 atom stereocenters. The van der Waals surface area contributed by atoms with Crippen molar-refractivity contribution in [3.8, 4) is 0 Å². The second kappa shape index (κ2) is 4.57. The minimum absolute atomic E-state index is 0.677. The number of rotatable bonds is 3. The van der Waals surface area contributed by atoms with Gasteiger partial charge in [-0.25, -0.2) is 0 Å². The molecule has 0 aliphatic rings. The van der Waals surface area contributed by atoms with Crippen molar-refractivity contribution < 1.29 is 0 Å². The number of hydrogen-bond acceptors (Lipinski definition) is 3. The molecule has 0 fully saturated rings. The first-order chi connectivity index (χ1) is 7.65. The summed E-state index contributed by atoms with van der Waals surface area (Å²) in [5, 5.41) is 7.44. The van der Waals surface area contributed by atoms with E-state index < -0.39 is 0 Å². The molecule has 5 heteroatoms.